The molecule has 0 bridgehead atoms. The Hall–Kier alpha value is -0.170. The lowest BCUT2D eigenvalue weighted by molar-refractivity contribution is 0.335. The molecule has 80 valence electrons. The normalized spacial score (nSPS) is 14.8. The van der Waals surface area contributed by atoms with E-state index < -0.39 is 9.84 Å². The molecule has 1 unspecified atom stereocenters. The zero-order valence-corrected chi connectivity index (χ0v) is 9.26. The van der Waals surface area contributed by atoms with Crippen LogP contribution in [0.3, 0.4) is 0 Å². The molecule has 0 radical (unpaired) electrons. The lowest BCUT2D eigenvalue weighted by atomic mass is 10.2. The van der Waals surface area contributed by atoms with Gasteiger partial charge in [0.1, 0.15) is 9.84 Å². The Morgan fingerprint density at radius 2 is 2.00 bits per heavy atom. The van der Waals surface area contributed by atoms with Crippen molar-refractivity contribution in [3.05, 3.63) is 0 Å². The molecule has 0 saturated carbocycles. The minimum absolute atomic E-state index is 0.0322. The van der Waals surface area contributed by atoms with Gasteiger partial charge < -0.3 is 4.90 Å². The van der Waals surface area contributed by atoms with Gasteiger partial charge in [-0.15, -0.1) is 0 Å². The fourth-order valence-electron chi connectivity index (χ4n) is 1.02. The summed E-state index contributed by atoms with van der Waals surface area (Å²) >= 11 is 0. The predicted molar refractivity (Wildman–Crippen MR) is 54.0 cm³/mol. The molecule has 0 aromatic rings. The standard InChI is InChI=1S/C7H19N3O2S/c1-10(2)6-7(9-8)4-5-13(3,11)12/h7,9H,4-6,8H2,1-3H3. The molecule has 0 heterocycles. The maximum absolute atomic E-state index is 10.9. The third-order valence-corrected chi connectivity index (χ3v) is 2.64. The number of nitrogens with one attached hydrogen (secondary N) is 1. The van der Waals surface area contributed by atoms with E-state index >= 15 is 0 Å². The second-order valence-electron chi connectivity index (χ2n) is 3.54. The van der Waals surface area contributed by atoms with Gasteiger partial charge >= 0.3 is 0 Å². The van der Waals surface area contributed by atoms with Crippen molar-refractivity contribution in [3.8, 4) is 0 Å². The van der Waals surface area contributed by atoms with Gasteiger partial charge in [-0.3, -0.25) is 11.3 Å². The molecule has 6 heteroatoms. The number of rotatable bonds is 6. The predicted octanol–water partition coefficient (Wildman–Crippen LogP) is -1.19. The van der Waals surface area contributed by atoms with Crippen molar-refractivity contribution in [2.75, 3.05) is 32.6 Å². The van der Waals surface area contributed by atoms with Gasteiger partial charge in [-0.05, 0) is 20.5 Å². The number of hydrogen-bond donors (Lipinski definition) is 2. The van der Waals surface area contributed by atoms with Crippen LogP contribution in [0.1, 0.15) is 6.42 Å². The molecule has 0 aromatic heterocycles. The fourth-order valence-corrected chi connectivity index (χ4v) is 1.74. The maximum Gasteiger partial charge on any atom is 0.147 e. The third kappa shape index (κ3) is 8.17. The van der Waals surface area contributed by atoms with E-state index in [2.05, 4.69) is 5.43 Å². The number of likely N-dealkylation sites (N-methyl/N-ethyl adjacent to an activating group) is 1. The smallest absolute Gasteiger partial charge is 0.147 e. The quantitative estimate of drug-likeness (QED) is 0.425. The van der Waals surface area contributed by atoms with E-state index in [-0.39, 0.29) is 11.8 Å². The monoisotopic (exact) mass is 209 g/mol. The Labute approximate surface area is 80.2 Å². The molecule has 0 fully saturated rings. The van der Waals surface area contributed by atoms with Crippen molar-refractivity contribution in [1.29, 1.82) is 0 Å². The van der Waals surface area contributed by atoms with Gasteiger partial charge in [0.15, 0.2) is 0 Å². The van der Waals surface area contributed by atoms with Crippen LogP contribution in [-0.2, 0) is 9.84 Å². The van der Waals surface area contributed by atoms with Crippen molar-refractivity contribution < 1.29 is 8.42 Å². The first-order valence-corrected chi connectivity index (χ1v) is 6.20. The minimum atomic E-state index is -2.88. The van der Waals surface area contributed by atoms with Crippen molar-refractivity contribution in [1.82, 2.24) is 10.3 Å². The summed E-state index contributed by atoms with van der Waals surface area (Å²) in [5, 5.41) is 0. The highest BCUT2D eigenvalue weighted by molar-refractivity contribution is 7.90. The SMILES string of the molecule is CN(C)CC(CCS(C)(=O)=O)NN. The summed E-state index contributed by atoms with van der Waals surface area (Å²) in [6.07, 6.45) is 1.78. The van der Waals surface area contributed by atoms with Crippen LogP contribution in [0, 0.1) is 0 Å². The minimum Gasteiger partial charge on any atom is -0.308 e. The molecule has 0 aliphatic carbocycles. The highest BCUT2D eigenvalue weighted by Crippen LogP contribution is 1.96. The molecule has 0 saturated heterocycles. The van der Waals surface area contributed by atoms with Crippen LogP contribution in [0.5, 0.6) is 0 Å². The Bertz CT molecular complexity index is 226. The molecule has 0 amide bonds. The van der Waals surface area contributed by atoms with Crippen molar-refractivity contribution >= 4 is 9.84 Å². The average Bonchev–Trinajstić information content (AvgIpc) is 1.95. The van der Waals surface area contributed by atoms with Gasteiger partial charge in [0.05, 0.1) is 5.75 Å². The lowest BCUT2D eigenvalue weighted by Crippen LogP contribution is -2.43. The number of nitrogens with zero attached hydrogens (tertiary/aromatic N) is 1. The Morgan fingerprint density at radius 3 is 2.31 bits per heavy atom. The second-order valence-corrected chi connectivity index (χ2v) is 5.80. The molecule has 0 aromatic carbocycles. The van der Waals surface area contributed by atoms with E-state index in [0.29, 0.717) is 6.42 Å². The summed E-state index contributed by atoms with van der Waals surface area (Å²) in [6, 6.07) is 0.0322. The second kappa shape index (κ2) is 5.54. The molecule has 1 atom stereocenters. The Morgan fingerprint density at radius 1 is 1.46 bits per heavy atom. The van der Waals surface area contributed by atoms with Crippen molar-refractivity contribution in [3.63, 3.8) is 0 Å². The summed E-state index contributed by atoms with van der Waals surface area (Å²) in [5.74, 6) is 5.46. The van der Waals surface area contributed by atoms with Crippen LogP contribution in [-0.4, -0.2) is 52.0 Å². The van der Waals surface area contributed by atoms with Crippen LogP contribution in [0.25, 0.3) is 0 Å². The van der Waals surface area contributed by atoms with E-state index in [1.807, 2.05) is 19.0 Å². The summed E-state index contributed by atoms with van der Waals surface area (Å²) in [6.45, 7) is 0.742. The van der Waals surface area contributed by atoms with E-state index in [4.69, 9.17) is 5.84 Å². The topological polar surface area (TPSA) is 75.4 Å². The summed E-state index contributed by atoms with van der Waals surface area (Å²) < 4.78 is 21.7. The molecule has 0 aliphatic rings. The van der Waals surface area contributed by atoms with E-state index in [1.54, 1.807) is 0 Å². The van der Waals surface area contributed by atoms with E-state index in [9.17, 15) is 8.42 Å². The van der Waals surface area contributed by atoms with Crippen LogP contribution in [0.4, 0.5) is 0 Å². The molecule has 3 N–H and O–H groups in total. The van der Waals surface area contributed by atoms with Crippen molar-refractivity contribution in [2.24, 2.45) is 5.84 Å². The molecular weight excluding hydrogens is 190 g/mol. The number of hydrogen-bond acceptors (Lipinski definition) is 5. The summed E-state index contributed by atoms with van der Waals surface area (Å²) in [4.78, 5) is 1.97. The number of nitrogens with two attached hydrogens (primary N) is 1. The summed E-state index contributed by atoms with van der Waals surface area (Å²) in [5.41, 5.74) is 2.60. The molecule has 13 heavy (non-hydrogen) atoms. The summed E-state index contributed by atoms with van der Waals surface area (Å²) in [7, 11) is 0.964. The molecular formula is C7H19N3O2S. The third-order valence-electron chi connectivity index (χ3n) is 1.66. The van der Waals surface area contributed by atoms with Gasteiger partial charge in [-0.25, -0.2) is 8.42 Å². The first-order chi connectivity index (χ1) is 5.85. The highest BCUT2D eigenvalue weighted by atomic mass is 32.2. The molecule has 0 aliphatic heterocycles. The molecule has 5 nitrogen and oxygen atoms in total. The van der Waals surface area contributed by atoms with Crippen LogP contribution < -0.4 is 11.3 Å². The van der Waals surface area contributed by atoms with Crippen LogP contribution >= 0.6 is 0 Å². The molecule has 0 rings (SSSR count). The van der Waals surface area contributed by atoms with Gasteiger partial charge in [-0.2, -0.15) is 0 Å². The highest BCUT2D eigenvalue weighted by Gasteiger charge is 2.11. The maximum atomic E-state index is 10.9. The Kier molecular flexibility index (Phi) is 5.46. The fraction of sp³-hybridized carbons (Fsp3) is 1.00. The lowest BCUT2D eigenvalue weighted by Gasteiger charge is -2.19. The first-order valence-electron chi connectivity index (χ1n) is 4.13. The largest absolute Gasteiger partial charge is 0.308 e. The van der Waals surface area contributed by atoms with Gasteiger partial charge in [0.2, 0.25) is 0 Å². The van der Waals surface area contributed by atoms with Crippen LogP contribution in [0.2, 0.25) is 0 Å². The average molecular weight is 209 g/mol. The van der Waals surface area contributed by atoms with Gasteiger partial charge in [0.25, 0.3) is 0 Å². The van der Waals surface area contributed by atoms with Crippen LogP contribution in [0.15, 0.2) is 0 Å². The number of hydrazine groups is 1. The van der Waals surface area contributed by atoms with Gasteiger partial charge in [0, 0.05) is 18.8 Å². The van der Waals surface area contributed by atoms with Gasteiger partial charge in [-0.1, -0.05) is 0 Å². The first kappa shape index (κ1) is 12.8. The van der Waals surface area contributed by atoms with Crippen molar-refractivity contribution in [2.45, 2.75) is 12.5 Å². The van der Waals surface area contributed by atoms with E-state index in [0.717, 1.165) is 6.54 Å². The zero-order chi connectivity index (χ0) is 10.5. The zero-order valence-electron chi connectivity index (χ0n) is 8.45. The molecule has 0 spiro atoms. The Balaban J connectivity index is 3.86. The van der Waals surface area contributed by atoms with E-state index in [1.165, 1.54) is 6.26 Å². The number of sulfone groups is 1.